The topological polar surface area (TPSA) is 0 Å². The van der Waals surface area contributed by atoms with E-state index in [0.717, 1.165) is 0 Å². The van der Waals surface area contributed by atoms with Crippen LogP contribution in [0.1, 0.15) is 39.5 Å². The molecule has 0 aromatic heterocycles. The molecule has 5 aromatic carbocycles. The number of hydrogen-bond acceptors (Lipinski definition) is 0. The molecule has 0 aliphatic rings. The van der Waals surface area contributed by atoms with Gasteiger partial charge in [0, 0.05) is 0 Å². The molecular weight excluding hydrogens is 518 g/mol. The van der Waals surface area contributed by atoms with Gasteiger partial charge in [-0.3, -0.25) is 0 Å². The van der Waals surface area contributed by atoms with Crippen molar-refractivity contribution >= 4 is 46.4 Å². The van der Waals surface area contributed by atoms with Crippen LogP contribution in [0.15, 0.2) is 146 Å². The van der Waals surface area contributed by atoms with E-state index < -0.39 is 14.5 Å². The second-order valence-corrected chi connectivity index (χ2v) is 19.1. The van der Waals surface area contributed by atoms with Crippen molar-refractivity contribution in [2.45, 2.75) is 39.5 Å². The van der Waals surface area contributed by atoms with Crippen LogP contribution in [0.2, 0.25) is 0 Å². The van der Waals surface area contributed by atoms with E-state index in [1.807, 2.05) is 0 Å². The third-order valence-electron chi connectivity index (χ3n) is 8.73. The Labute approximate surface area is 243 Å². The van der Waals surface area contributed by atoms with E-state index in [0.29, 0.717) is 0 Å². The molecule has 0 N–H and O–H groups in total. The van der Waals surface area contributed by atoms with Gasteiger partial charge in [-0.1, -0.05) is 0 Å². The molecule has 206 valence electrons. The Morgan fingerprint density at radius 3 is 0.900 bits per heavy atom. The van der Waals surface area contributed by atoms with Crippen LogP contribution in [-0.2, 0) is 0 Å². The second-order valence-electron chi connectivity index (χ2n) is 11.1. The maximum atomic E-state index is 2.67. The summed E-state index contributed by atoms with van der Waals surface area (Å²) in [5, 5.41) is 9.19. The van der Waals surface area contributed by atoms with E-state index in [1.165, 1.54) is 59.2 Å². The summed E-state index contributed by atoms with van der Waals surface area (Å²) in [6.07, 6.45) is 7.32. The fourth-order valence-electron chi connectivity index (χ4n) is 6.69. The van der Waals surface area contributed by atoms with Crippen LogP contribution in [-0.4, -0.2) is 12.3 Å². The van der Waals surface area contributed by atoms with Crippen LogP contribution in [0.4, 0.5) is 0 Å². The van der Waals surface area contributed by atoms with Crippen LogP contribution in [0, 0.1) is 0 Å². The first-order valence-corrected chi connectivity index (χ1v) is 19.5. The molecule has 0 bridgehead atoms. The van der Waals surface area contributed by atoms with E-state index >= 15 is 0 Å². The molecule has 0 atom stereocenters. The summed E-state index contributed by atoms with van der Waals surface area (Å²) in [6, 6.07) is 55.7. The molecule has 0 aliphatic heterocycles. The Bertz CT molecular complexity index is 1260. The Kier molecular flexibility index (Phi) is 9.65. The van der Waals surface area contributed by atoms with Crippen molar-refractivity contribution in [1.29, 1.82) is 0 Å². The standard InChI is InChI=1S/C38H44P2/c1-3-5-30-39(33-20-11-7-12-21-33,34-22-13-8-14-23-34)37-28-19-29-38(32-37)40(31-6-4-2,35-24-15-9-16-25-35)36-26-17-10-18-27-36/h7-29,32,39-40H,3-6,30-31H2,1-2H3. The monoisotopic (exact) mass is 562 g/mol. The van der Waals surface area contributed by atoms with Gasteiger partial charge < -0.3 is 0 Å². The van der Waals surface area contributed by atoms with Gasteiger partial charge in [0.2, 0.25) is 0 Å². The summed E-state index contributed by atoms with van der Waals surface area (Å²) < 4.78 is 0. The fraction of sp³-hybridized carbons (Fsp3) is 0.211. The molecule has 0 heterocycles. The number of hydrogen-bond donors (Lipinski definition) is 0. The first kappa shape index (κ1) is 28.5. The van der Waals surface area contributed by atoms with Crippen molar-refractivity contribution < 1.29 is 0 Å². The van der Waals surface area contributed by atoms with Gasteiger partial charge in [0.05, 0.1) is 0 Å². The van der Waals surface area contributed by atoms with E-state index in [-0.39, 0.29) is 0 Å². The average molecular weight is 563 g/mol. The van der Waals surface area contributed by atoms with Crippen molar-refractivity contribution in [3.63, 3.8) is 0 Å². The average Bonchev–Trinajstić information content (AvgIpc) is 3.04. The summed E-state index contributed by atoms with van der Waals surface area (Å²) in [5.74, 6) is 0. The molecule has 2 heteroatoms. The number of rotatable bonds is 12. The Morgan fingerprint density at radius 2 is 0.625 bits per heavy atom. The van der Waals surface area contributed by atoms with Crippen LogP contribution < -0.4 is 31.8 Å². The summed E-state index contributed by atoms with van der Waals surface area (Å²) in [4.78, 5) is 0. The van der Waals surface area contributed by atoms with Gasteiger partial charge in [-0.05, 0) is 0 Å². The van der Waals surface area contributed by atoms with Crippen molar-refractivity contribution in [1.82, 2.24) is 0 Å². The zero-order chi connectivity index (χ0) is 27.7. The number of unbranched alkanes of at least 4 members (excludes halogenated alkanes) is 2. The molecule has 5 rings (SSSR count). The Morgan fingerprint density at radius 1 is 0.350 bits per heavy atom. The van der Waals surface area contributed by atoms with Gasteiger partial charge in [-0.25, -0.2) is 0 Å². The zero-order valence-electron chi connectivity index (χ0n) is 24.1. The normalized spacial score (nSPS) is 12.7. The SMILES string of the molecule is CCCC[PH](c1ccccc1)(c1ccccc1)c1cccc([PH](CCCC)(c2ccccc2)c2ccccc2)c1. The maximum absolute atomic E-state index is 2.67. The predicted octanol–water partition coefficient (Wildman–Crippen LogP) is 7.34. The summed E-state index contributed by atoms with van der Waals surface area (Å²) in [7, 11) is -4.53. The molecule has 0 spiro atoms. The molecule has 0 radical (unpaired) electrons. The Hall–Kier alpha value is -3.04. The number of benzene rings is 5. The first-order valence-electron chi connectivity index (χ1n) is 15.1. The molecule has 0 fully saturated rings. The van der Waals surface area contributed by atoms with Crippen molar-refractivity contribution in [2.75, 3.05) is 12.3 Å². The third-order valence-corrected chi connectivity index (χ3v) is 18.8. The van der Waals surface area contributed by atoms with Crippen molar-refractivity contribution in [3.05, 3.63) is 146 Å². The van der Waals surface area contributed by atoms with Gasteiger partial charge in [-0.15, -0.1) is 0 Å². The van der Waals surface area contributed by atoms with Crippen LogP contribution in [0.5, 0.6) is 0 Å². The van der Waals surface area contributed by atoms with Crippen molar-refractivity contribution in [2.24, 2.45) is 0 Å². The summed E-state index contributed by atoms with van der Waals surface area (Å²) in [5.41, 5.74) is 0. The third kappa shape index (κ3) is 5.59. The Balaban J connectivity index is 1.81. The molecule has 5 aromatic rings. The first-order chi connectivity index (χ1) is 19.8. The van der Waals surface area contributed by atoms with Crippen LogP contribution >= 0.6 is 14.5 Å². The van der Waals surface area contributed by atoms with E-state index in [2.05, 4.69) is 159 Å². The minimum absolute atomic E-state index is 1.21. The summed E-state index contributed by atoms with van der Waals surface area (Å²) >= 11 is 0. The van der Waals surface area contributed by atoms with Crippen molar-refractivity contribution in [3.8, 4) is 0 Å². The van der Waals surface area contributed by atoms with Gasteiger partial charge in [0.1, 0.15) is 0 Å². The summed E-state index contributed by atoms with van der Waals surface area (Å²) in [6.45, 7) is 4.66. The molecule has 0 aliphatic carbocycles. The predicted molar refractivity (Wildman–Crippen MR) is 186 cm³/mol. The molecule has 0 nitrogen and oxygen atoms in total. The fourth-order valence-corrected chi connectivity index (χ4v) is 16.9. The molecule has 40 heavy (non-hydrogen) atoms. The van der Waals surface area contributed by atoms with Gasteiger partial charge in [0.15, 0.2) is 0 Å². The molecule has 0 saturated carbocycles. The molecule has 0 saturated heterocycles. The van der Waals surface area contributed by atoms with E-state index in [4.69, 9.17) is 0 Å². The van der Waals surface area contributed by atoms with Gasteiger partial charge in [-0.2, -0.15) is 0 Å². The van der Waals surface area contributed by atoms with Crippen LogP contribution in [0.25, 0.3) is 0 Å². The van der Waals surface area contributed by atoms with E-state index in [9.17, 15) is 0 Å². The minimum atomic E-state index is -2.27. The van der Waals surface area contributed by atoms with Gasteiger partial charge in [0.25, 0.3) is 0 Å². The van der Waals surface area contributed by atoms with Crippen LogP contribution in [0.3, 0.4) is 0 Å². The zero-order valence-corrected chi connectivity index (χ0v) is 26.1. The van der Waals surface area contributed by atoms with E-state index in [1.54, 1.807) is 10.6 Å². The quantitative estimate of drug-likeness (QED) is 0.140. The molecule has 0 amide bonds. The molecular formula is C38H44P2. The second kappa shape index (κ2) is 13.5. The van der Waals surface area contributed by atoms with Gasteiger partial charge >= 0.3 is 244 Å². The molecule has 0 unspecified atom stereocenters.